The smallest absolute Gasteiger partial charge is 0.143 e. The van der Waals surface area contributed by atoms with Crippen molar-refractivity contribution in [3.05, 3.63) is 192 Å². The van der Waals surface area contributed by atoms with E-state index in [0.29, 0.717) is 11.7 Å². The van der Waals surface area contributed by atoms with Crippen LogP contribution in [0.1, 0.15) is 22.9 Å². The molecule has 5 nitrogen and oxygen atoms in total. The van der Waals surface area contributed by atoms with Gasteiger partial charge < -0.3 is 14.7 Å². The molecule has 51 heavy (non-hydrogen) atoms. The standard InChI is InChI=1S/C46H29N4O/c1-3-13-30(14-4-1)44-48-45(31-15-5-2-6-16-31)50-46(49-44)38-20-10-9-19-36(38)37-24-23-35(33-22-21-29-12-7-8-17-32(29)26-33)43-42(37)39-27-34-18-11-25-47-40(34)28-41(39)51-43/h1-28,44H/q-1. The van der Waals surface area contributed by atoms with Gasteiger partial charge in [0.2, 0.25) is 0 Å². The first-order chi connectivity index (χ1) is 25.3. The van der Waals surface area contributed by atoms with E-state index in [9.17, 15) is 0 Å². The monoisotopic (exact) mass is 653 g/mol. The molecule has 0 N–H and O–H groups in total. The molecule has 0 radical (unpaired) electrons. The van der Waals surface area contributed by atoms with Crippen LogP contribution in [0.3, 0.4) is 0 Å². The lowest BCUT2D eigenvalue weighted by atomic mass is 9.91. The lowest BCUT2D eigenvalue weighted by molar-refractivity contribution is 0.670. The van der Waals surface area contributed by atoms with E-state index < -0.39 is 6.17 Å². The number of hydrogen-bond donors (Lipinski definition) is 0. The number of aromatic nitrogens is 1. The van der Waals surface area contributed by atoms with Crippen LogP contribution in [0, 0.1) is 0 Å². The minimum Gasteiger partial charge on any atom is -0.455 e. The summed E-state index contributed by atoms with van der Waals surface area (Å²) in [7, 11) is 0. The van der Waals surface area contributed by atoms with Crippen LogP contribution in [0.4, 0.5) is 0 Å². The Hall–Kier alpha value is -6.85. The average Bonchev–Trinajstić information content (AvgIpc) is 3.58. The van der Waals surface area contributed by atoms with E-state index in [4.69, 9.17) is 19.7 Å². The van der Waals surface area contributed by atoms with Crippen molar-refractivity contribution in [3.8, 4) is 22.3 Å². The molecule has 0 spiro atoms. The molecule has 3 heterocycles. The summed E-state index contributed by atoms with van der Waals surface area (Å²) in [5.41, 5.74) is 9.62. The van der Waals surface area contributed by atoms with Crippen molar-refractivity contribution in [1.29, 1.82) is 0 Å². The summed E-state index contributed by atoms with van der Waals surface area (Å²) < 4.78 is 6.84. The van der Waals surface area contributed by atoms with E-state index >= 15 is 0 Å². The lowest BCUT2D eigenvalue weighted by Gasteiger charge is -2.33. The molecule has 0 amide bonds. The molecule has 7 aromatic carbocycles. The second-order valence-electron chi connectivity index (χ2n) is 12.8. The number of rotatable bonds is 5. The summed E-state index contributed by atoms with van der Waals surface area (Å²) in [5.74, 6) is 1.30. The van der Waals surface area contributed by atoms with Crippen molar-refractivity contribution < 1.29 is 4.42 Å². The maximum absolute atomic E-state index is 6.84. The Balaban J connectivity index is 1.21. The Bertz CT molecular complexity index is 2840. The van der Waals surface area contributed by atoms with E-state index in [0.717, 1.165) is 71.8 Å². The van der Waals surface area contributed by atoms with Gasteiger partial charge in [-0.25, -0.2) is 0 Å². The molecule has 1 atom stereocenters. The second-order valence-corrected chi connectivity index (χ2v) is 12.8. The van der Waals surface area contributed by atoms with Gasteiger partial charge in [0.1, 0.15) is 11.2 Å². The molecule has 0 saturated carbocycles. The molecule has 1 aliphatic heterocycles. The Morgan fingerprint density at radius 2 is 1.25 bits per heavy atom. The lowest BCUT2D eigenvalue weighted by Crippen LogP contribution is -2.16. The van der Waals surface area contributed by atoms with E-state index in [-0.39, 0.29) is 0 Å². The Kier molecular flexibility index (Phi) is 6.81. The number of pyridine rings is 1. The van der Waals surface area contributed by atoms with Gasteiger partial charge in [0, 0.05) is 34.0 Å². The Labute approximate surface area is 294 Å². The predicted octanol–water partition coefficient (Wildman–Crippen LogP) is 11.9. The normalized spacial score (nSPS) is 14.5. The average molecular weight is 654 g/mol. The molecule has 9 aromatic rings. The quantitative estimate of drug-likeness (QED) is 0.185. The first-order valence-electron chi connectivity index (χ1n) is 17.1. The molecule has 0 aliphatic carbocycles. The fourth-order valence-corrected chi connectivity index (χ4v) is 7.22. The van der Waals surface area contributed by atoms with Crippen molar-refractivity contribution in [2.75, 3.05) is 0 Å². The van der Waals surface area contributed by atoms with Crippen LogP contribution >= 0.6 is 0 Å². The number of aliphatic imine (C=N–C) groups is 2. The van der Waals surface area contributed by atoms with E-state index in [1.165, 1.54) is 10.8 Å². The Morgan fingerprint density at radius 1 is 0.529 bits per heavy atom. The van der Waals surface area contributed by atoms with Gasteiger partial charge in [-0.2, -0.15) is 0 Å². The molecule has 5 heteroatoms. The van der Waals surface area contributed by atoms with Crippen molar-refractivity contribution in [3.63, 3.8) is 0 Å². The van der Waals surface area contributed by atoms with E-state index in [1.807, 2.05) is 60.8 Å². The van der Waals surface area contributed by atoms with Crippen LogP contribution in [0.2, 0.25) is 0 Å². The van der Waals surface area contributed by atoms with Gasteiger partial charge >= 0.3 is 0 Å². The van der Waals surface area contributed by atoms with Crippen LogP contribution < -0.4 is 0 Å². The first-order valence-corrected chi connectivity index (χ1v) is 17.1. The summed E-state index contributed by atoms with van der Waals surface area (Å²) in [4.78, 5) is 14.8. The highest BCUT2D eigenvalue weighted by Gasteiger charge is 2.21. The number of nitrogens with zero attached hydrogens (tertiary/aromatic N) is 4. The molecule has 240 valence electrons. The van der Waals surface area contributed by atoms with Crippen molar-refractivity contribution in [2.24, 2.45) is 9.98 Å². The predicted molar refractivity (Wildman–Crippen MR) is 209 cm³/mol. The molecular weight excluding hydrogens is 625 g/mol. The van der Waals surface area contributed by atoms with Gasteiger partial charge in [-0.15, -0.1) is 0 Å². The fourth-order valence-electron chi connectivity index (χ4n) is 7.22. The highest BCUT2D eigenvalue weighted by atomic mass is 16.3. The second kappa shape index (κ2) is 11.9. The van der Waals surface area contributed by atoms with Gasteiger partial charge in [0.25, 0.3) is 0 Å². The van der Waals surface area contributed by atoms with Crippen LogP contribution in [0.5, 0.6) is 0 Å². The third-order valence-electron chi connectivity index (χ3n) is 9.69. The Morgan fingerprint density at radius 3 is 2.12 bits per heavy atom. The zero-order valence-corrected chi connectivity index (χ0v) is 27.4. The fraction of sp³-hybridized carbons (Fsp3) is 0.0217. The SMILES string of the molecule is c1ccc(C2=NC(c3ccccc3)[N-]C(c3ccccc3-c3ccc(-c4ccc5ccccc5c4)c4oc5cc6ncccc6cc5c34)=N2)cc1. The van der Waals surface area contributed by atoms with Crippen LogP contribution in [-0.2, 0) is 0 Å². The van der Waals surface area contributed by atoms with Gasteiger partial charge in [0.05, 0.1) is 17.5 Å². The number of amidine groups is 2. The zero-order valence-electron chi connectivity index (χ0n) is 27.4. The number of hydrogen-bond acceptors (Lipinski definition) is 4. The number of fused-ring (bicyclic) bond motifs is 5. The van der Waals surface area contributed by atoms with Gasteiger partial charge in [-0.1, -0.05) is 139 Å². The van der Waals surface area contributed by atoms with Crippen LogP contribution in [0.25, 0.3) is 71.2 Å². The van der Waals surface area contributed by atoms with Crippen LogP contribution in [-0.4, -0.2) is 16.7 Å². The minimum atomic E-state index is -0.425. The number of benzene rings is 7. The largest absolute Gasteiger partial charge is 0.455 e. The maximum Gasteiger partial charge on any atom is 0.143 e. The first kappa shape index (κ1) is 29.1. The van der Waals surface area contributed by atoms with Crippen molar-refractivity contribution >= 4 is 55.3 Å². The van der Waals surface area contributed by atoms with Gasteiger partial charge in [-0.05, 0) is 68.4 Å². The summed E-state index contributed by atoms with van der Waals surface area (Å²) in [6.07, 6.45) is 1.40. The highest BCUT2D eigenvalue weighted by Crippen LogP contribution is 2.44. The summed E-state index contributed by atoms with van der Waals surface area (Å²) >= 11 is 0. The molecule has 1 unspecified atom stereocenters. The molecule has 10 rings (SSSR count). The third-order valence-corrected chi connectivity index (χ3v) is 9.69. The third kappa shape index (κ3) is 5.06. The molecule has 0 fully saturated rings. The molecule has 0 saturated heterocycles. The zero-order chi connectivity index (χ0) is 33.7. The van der Waals surface area contributed by atoms with E-state index in [2.05, 4.69) is 114 Å². The topological polar surface area (TPSA) is 64.8 Å². The highest BCUT2D eigenvalue weighted by molar-refractivity contribution is 6.24. The summed E-state index contributed by atoms with van der Waals surface area (Å²) in [6.45, 7) is 0. The molecule has 0 bridgehead atoms. The maximum atomic E-state index is 6.84. The van der Waals surface area contributed by atoms with Crippen molar-refractivity contribution in [2.45, 2.75) is 6.17 Å². The number of furan rings is 1. The molecule has 2 aromatic heterocycles. The van der Waals surface area contributed by atoms with Gasteiger partial charge in [0.15, 0.2) is 0 Å². The summed E-state index contributed by atoms with van der Waals surface area (Å²) in [6, 6.07) is 56.5. The molecule has 1 aliphatic rings. The summed E-state index contributed by atoms with van der Waals surface area (Å²) in [5, 5.41) is 10.7. The minimum absolute atomic E-state index is 0.425. The molecular formula is C46H29N4O-. The van der Waals surface area contributed by atoms with Gasteiger partial charge in [-0.3, -0.25) is 9.98 Å². The van der Waals surface area contributed by atoms with E-state index in [1.54, 1.807) is 0 Å². The van der Waals surface area contributed by atoms with Crippen LogP contribution in [0.15, 0.2) is 184 Å². The van der Waals surface area contributed by atoms with Crippen molar-refractivity contribution in [1.82, 2.24) is 4.98 Å².